The Labute approximate surface area is 102 Å². The van der Waals surface area contributed by atoms with Gasteiger partial charge in [-0.15, -0.1) is 0 Å². The Hall–Kier alpha value is -1.87. The number of nitrogens with zero attached hydrogens (tertiary/aromatic N) is 2. The van der Waals surface area contributed by atoms with E-state index in [1.54, 1.807) is 4.40 Å². The summed E-state index contributed by atoms with van der Waals surface area (Å²) < 4.78 is 1.58. The first-order valence-corrected chi connectivity index (χ1v) is 5.62. The number of fused-ring (bicyclic) bond motifs is 3. The maximum absolute atomic E-state index is 12.0. The normalized spacial score (nSPS) is 11.2. The Bertz CT molecular complexity index is 792. The van der Waals surface area contributed by atoms with Gasteiger partial charge in [-0.3, -0.25) is 9.20 Å². The predicted molar refractivity (Wildman–Crippen MR) is 68.7 cm³/mol. The Morgan fingerprint density at radius 3 is 2.82 bits per heavy atom. The summed E-state index contributed by atoms with van der Waals surface area (Å²) >= 11 is 5.80. The van der Waals surface area contributed by atoms with Crippen LogP contribution in [0.15, 0.2) is 41.2 Å². The molecule has 0 amide bonds. The molecule has 0 bridgehead atoms. The van der Waals surface area contributed by atoms with Crippen molar-refractivity contribution < 1.29 is 0 Å². The van der Waals surface area contributed by atoms with Gasteiger partial charge in [0.15, 0.2) is 0 Å². The summed E-state index contributed by atoms with van der Waals surface area (Å²) in [6.45, 7) is 2.00. The number of para-hydroxylation sites is 1. The second-order valence-corrected chi connectivity index (χ2v) is 4.34. The van der Waals surface area contributed by atoms with E-state index in [1.165, 1.54) is 6.07 Å². The number of hydrogen-bond donors (Lipinski definition) is 0. The number of halogens is 1. The molecule has 3 aromatic rings. The van der Waals surface area contributed by atoms with Gasteiger partial charge in [-0.25, -0.2) is 4.98 Å². The Kier molecular flexibility index (Phi) is 2.16. The maximum Gasteiger partial charge on any atom is 0.259 e. The number of rotatable bonds is 0. The number of benzene rings is 1. The quantitative estimate of drug-likeness (QED) is 0.450. The van der Waals surface area contributed by atoms with Crippen molar-refractivity contribution in [3.05, 3.63) is 57.5 Å². The lowest BCUT2D eigenvalue weighted by molar-refractivity contribution is 1.09. The minimum atomic E-state index is -0.156. The van der Waals surface area contributed by atoms with E-state index in [0.29, 0.717) is 5.65 Å². The average molecular weight is 245 g/mol. The molecule has 0 aliphatic carbocycles. The third-order valence-electron chi connectivity index (χ3n) is 2.83. The molecule has 84 valence electrons. The van der Waals surface area contributed by atoms with E-state index in [9.17, 15) is 4.79 Å². The zero-order valence-corrected chi connectivity index (χ0v) is 9.90. The first kappa shape index (κ1) is 10.3. The van der Waals surface area contributed by atoms with Crippen molar-refractivity contribution >= 4 is 28.2 Å². The minimum Gasteiger partial charge on any atom is -0.269 e. The molecule has 2 heterocycles. The van der Waals surface area contributed by atoms with Crippen LogP contribution in [-0.4, -0.2) is 9.38 Å². The van der Waals surface area contributed by atoms with Crippen molar-refractivity contribution in [3.63, 3.8) is 0 Å². The molecule has 0 saturated carbocycles. The third kappa shape index (κ3) is 1.51. The molecular formula is C13H9ClN2O. The smallest absolute Gasteiger partial charge is 0.259 e. The summed E-state index contributed by atoms with van der Waals surface area (Å²) in [6, 6.07) is 11.0. The van der Waals surface area contributed by atoms with Crippen LogP contribution in [0.4, 0.5) is 0 Å². The highest BCUT2D eigenvalue weighted by atomic mass is 35.5. The van der Waals surface area contributed by atoms with Crippen LogP contribution in [0.2, 0.25) is 5.15 Å². The average Bonchev–Trinajstić information content (AvgIpc) is 2.28. The van der Waals surface area contributed by atoms with Crippen LogP contribution >= 0.6 is 11.6 Å². The van der Waals surface area contributed by atoms with Crippen molar-refractivity contribution in [1.82, 2.24) is 9.38 Å². The van der Waals surface area contributed by atoms with Crippen LogP contribution < -0.4 is 5.56 Å². The second kappa shape index (κ2) is 3.57. The number of pyridine rings is 1. The van der Waals surface area contributed by atoms with Crippen molar-refractivity contribution in [2.24, 2.45) is 0 Å². The van der Waals surface area contributed by atoms with E-state index < -0.39 is 0 Å². The Balaban J connectivity index is 2.69. The molecular weight excluding hydrogens is 236 g/mol. The minimum absolute atomic E-state index is 0.156. The molecule has 0 unspecified atom stereocenters. The van der Waals surface area contributed by atoms with Gasteiger partial charge in [0.1, 0.15) is 10.8 Å². The summed E-state index contributed by atoms with van der Waals surface area (Å²) in [5, 5.41) is 1.27. The zero-order valence-electron chi connectivity index (χ0n) is 9.14. The van der Waals surface area contributed by atoms with Gasteiger partial charge in [-0.05, 0) is 24.6 Å². The largest absolute Gasteiger partial charge is 0.269 e. The Morgan fingerprint density at radius 2 is 2.00 bits per heavy atom. The molecule has 3 nitrogen and oxygen atoms in total. The highest BCUT2D eigenvalue weighted by molar-refractivity contribution is 6.29. The van der Waals surface area contributed by atoms with Gasteiger partial charge in [-0.2, -0.15) is 0 Å². The molecule has 4 heteroatoms. The first-order chi connectivity index (χ1) is 8.16. The number of aryl methyl sites for hydroxylation is 1. The van der Waals surface area contributed by atoms with E-state index >= 15 is 0 Å². The number of hydrogen-bond acceptors (Lipinski definition) is 2. The van der Waals surface area contributed by atoms with E-state index in [2.05, 4.69) is 4.98 Å². The summed E-state index contributed by atoms with van der Waals surface area (Å²) in [6.07, 6.45) is 0. The van der Waals surface area contributed by atoms with Crippen LogP contribution in [0.3, 0.4) is 0 Å². The molecule has 1 aromatic carbocycles. The fourth-order valence-electron chi connectivity index (χ4n) is 2.08. The zero-order chi connectivity index (χ0) is 12.0. The molecule has 3 rings (SSSR count). The van der Waals surface area contributed by atoms with Crippen LogP contribution in [0.1, 0.15) is 5.56 Å². The molecule has 17 heavy (non-hydrogen) atoms. The molecule has 0 saturated heterocycles. The molecule has 2 aromatic heterocycles. The highest BCUT2D eigenvalue weighted by Gasteiger charge is 2.06. The van der Waals surface area contributed by atoms with Crippen molar-refractivity contribution in [3.8, 4) is 0 Å². The summed E-state index contributed by atoms with van der Waals surface area (Å²) in [7, 11) is 0. The Morgan fingerprint density at radius 1 is 1.24 bits per heavy atom. The fourth-order valence-corrected chi connectivity index (χ4v) is 2.26. The van der Waals surface area contributed by atoms with Crippen molar-refractivity contribution in [1.29, 1.82) is 0 Å². The molecule has 0 atom stereocenters. The monoisotopic (exact) mass is 244 g/mol. The lowest BCUT2D eigenvalue weighted by Crippen LogP contribution is -2.14. The molecule has 0 radical (unpaired) electrons. The highest BCUT2D eigenvalue weighted by Crippen LogP contribution is 2.19. The lowest BCUT2D eigenvalue weighted by Gasteiger charge is -2.08. The van der Waals surface area contributed by atoms with Gasteiger partial charge in [0.2, 0.25) is 0 Å². The van der Waals surface area contributed by atoms with Gasteiger partial charge in [-0.1, -0.05) is 29.8 Å². The molecule has 0 N–H and O–H groups in total. The van der Waals surface area contributed by atoms with Crippen molar-refractivity contribution in [2.75, 3.05) is 0 Å². The molecule has 0 aliphatic heterocycles. The second-order valence-electron chi connectivity index (χ2n) is 3.96. The van der Waals surface area contributed by atoms with Gasteiger partial charge in [0.05, 0.1) is 5.52 Å². The van der Waals surface area contributed by atoms with Crippen LogP contribution in [-0.2, 0) is 0 Å². The van der Waals surface area contributed by atoms with Gasteiger partial charge < -0.3 is 0 Å². The van der Waals surface area contributed by atoms with Gasteiger partial charge >= 0.3 is 0 Å². The topological polar surface area (TPSA) is 34.4 Å². The van der Waals surface area contributed by atoms with Crippen molar-refractivity contribution in [2.45, 2.75) is 6.92 Å². The van der Waals surface area contributed by atoms with Gasteiger partial charge in [0, 0.05) is 11.5 Å². The standard InChI is InChI=1S/C13H9ClN2O/c1-8-6-12-15-11(14)7-13(17)16(12)10-5-3-2-4-9(8)10/h2-7H,1H3. The summed E-state index contributed by atoms with van der Waals surface area (Å²) in [5.41, 5.74) is 2.36. The molecule has 0 fully saturated rings. The van der Waals surface area contributed by atoms with E-state index in [-0.39, 0.29) is 10.7 Å². The SMILES string of the molecule is Cc1cc2nc(Cl)cc(=O)n2c2ccccc12. The third-order valence-corrected chi connectivity index (χ3v) is 3.02. The van der Waals surface area contributed by atoms with E-state index in [1.807, 2.05) is 37.3 Å². The first-order valence-electron chi connectivity index (χ1n) is 5.24. The van der Waals surface area contributed by atoms with E-state index in [0.717, 1.165) is 16.5 Å². The number of aromatic nitrogens is 2. The van der Waals surface area contributed by atoms with E-state index in [4.69, 9.17) is 11.6 Å². The van der Waals surface area contributed by atoms with Gasteiger partial charge in [0.25, 0.3) is 5.56 Å². The predicted octanol–water partition coefficient (Wildman–Crippen LogP) is 2.81. The lowest BCUT2D eigenvalue weighted by atomic mass is 10.1. The summed E-state index contributed by atoms with van der Waals surface area (Å²) in [5.74, 6) is 0. The maximum atomic E-state index is 12.0. The van der Waals surface area contributed by atoms with Crippen LogP contribution in [0, 0.1) is 6.92 Å². The fraction of sp³-hybridized carbons (Fsp3) is 0.0769. The summed E-state index contributed by atoms with van der Waals surface area (Å²) in [4.78, 5) is 16.1. The molecule has 0 spiro atoms. The van der Waals surface area contributed by atoms with Crippen LogP contribution in [0.5, 0.6) is 0 Å². The molecule has 0 aliphatic rings. The van der Waals surface area contributed by atoms with Crippen LogP contribution in [0.25, 0.3) is 16.6 Å².